The van der Waals surface area contributed by atoms with Gasteiger partial charge in [0.05, 0.1) is 6.42 Å². The van der Waals surface area contributed by atoms with E-state index in [9.17, 15) is 22.8 Å². The Bertz CT molecular complexity index is 667. The standard InChI is InChI=1S/C15H20F3N5O2/c16-15(17,18)8-23-14(20-12(21-23)6-11(19)24)9-5-13(25)22(7-9)10-3-1-2-4-10/h9-10H,1-8H2,(H2,19,24). The van der Waals surface area contributed by atoms with Crippen LogP contribution < -0.4 is 5.73 Å². The first kappa shape index (κ1) is 17.7. The molecule has 1 aliphatic carbocycles. The number of carbonyl (C=O) groups excluding carboxylic acids is 2. The maximum Gasteiger partial charge on any atom is 0.408 e. The predicted octanol–water partition coefficient (Wildman–Crippen LogP) is 1.13. The third kappa shape index (κ3) is 4.10. The smallest absolute Gasteiger partial charge is 0.369 e. The number of hydrogen-bond donors (Lipinski definition) is 1. The Morgan fingerprint density at radius 2 is 1.96 bits per heavy atom. The Kier molecular flexibility index (Phi) is 4.70. The van der Waals surface area contributed by atoms with Gasteiger partial charge in [0, 0.05) is 24.9 Å². The molecule has 25 heavy (non-hydrogen) atoms. The fourth-order valence-electron chi connectivity index (χ4n) is 3.70. The van der Waals surface area contributed by atoms with Crippen molar-refractivity contribution in [2.24, 2.45) is 5.73 Å². The summed E-state index contributed by atoms with van der Waals surface area (Å²) in [5.41, 5.74) is 5.08. The molecule has 10 heteroatoms. The first-order chi connectivity index (χ1) is 11.7. The summed E-state index contributed by atoms with van der Waals surface area (Å²) in [7, 11) is 0. The molecule has 7 nitrogen and oxygen atoms in total. The Morgan fingerprint density at radius 1 is 1.28 bits per heavy atom. The molecule has 1 atom stereocenters. The fraction of sp³-hybridized carbons (Fsp3) is 0.733. The molecule has 0 radical (unpaired) electrons. The molecule has 1 saturated carbocycles. The molecule has 138 valence electrons. The van der Waals surface area contributed by atoms with E-state index in [0.717, 1.165) is 30.4 Å². The molecule has 1 unspecified atom stereocenters. The van der Waals surface area contributed by atoms with Crippen LogP contribution in [0.3, 0.4) is 0 Å². The molecular weight excluding hydrogens is 339 g/mol. The van der Waals surface area contributed by atoms with Crippen molar-refractivity contribution in [2.45, 2.75) is 63.2 Å². The number of aromatic nitrogens is 3. The van der Waals surface area contributed by atoms with Crippen LogP contribution in [0.25, 0.3) is 0 Å². The van der Waals surface area contributed by atoms with E-state index in [2.05, 4.69) is 10.1 Å². The number of likely N-dealkylation sites (tertiary alicyclic amines) is 1. The number of nitrogens with two attached hydrogens (primary N) is 1. The number of rotatable bonds is 5. The summed E-state index contributed by atoms with van der Waals surface area (Å²) in [4.78, 5) is 29.2. The largest absolute Gasteiger partial charge is 0.408 e. The van der Waals surface area contributed by atoms with E-state index in [1.807, 2.05) is 0 Å². The molecule has 1 aromatic heterocycles. The first-order valence-corrected chi connectivity index (χ1v) is 8.31. The van der Waals surface area contributed by atoms with Gasteiger partial charge in [0.15, 0.2) is 5.82 Å². The van der Waals surface area contributed by atoms with Crippen molar-refractivity contribution in [3.05, 3.63) is 11.6 Å². The van der Waals surface area contributed by atoms with Crippen LogP contribution in [0.4, 0.5) is 13.2 Å². The summed E-state index contributed by atoms with van der Waals surface area (Å²) in [6.07, 6.45) is -0.701. The van der Waals surface area contributed by atoms with Crippen LogP contribution >= 0.6 is 0 Å². The van der Waals surface area contributed by atoms with Gasteiger partial charge in [-0.15, -0.1) is 0 Å². The minimum Gasteiger partial charge on any atom is -0.369 e. The first-order valence-electron chi connectivity index (χ1n) is 8.31. The second-order valence-electron chi connectivity index (χ2n) is 6.69. The molecule has 1 aromatic rings. The van der Waals surface area contributed by atoms with Crippen LogP contribution in [0, 0.1) is 0 Å². The molecule has 0 spiro atoms. The summed E-state index contributed by atoms with van der Waals surface area (Å²) >= 11 is 0. The zero-order valence-corrected chi connectivity index (χ0v) is 13.6. The Balaban J connectivity index is 1.83. The lowest BCUT2D eigenvalue weighted by Gasteiger charge is -2.24. The molecule has 2 heterocycles. The lowest BCUT2D eigenvalue weighted by molar-refractivity contribution is -0.143. The summed E-state index contributed by atoms with van der Waals surface area (Å²) in [5, 5.41) is 3.78. The van der Waals surface area contributed by atoms with Crippen LogP contribution in [-0.2, 0) is 22.6 Å². The average molecular weight is 359 g/mol. The van der Waals surface area contributed by atoms with E-state index in [4.69, 9.17) is 5.73 Å². The quantitative estimate of drug-likeness (QED) is 0.853. The van der Waals surface area contributed by atoms with Crippen LogP contribution in [0.15, 0.2) is 0 Å². The van der Waals surface area contributed by atoms with Crippen molar-refractivity contribution in [2.75, 3.05) is 6.54 Å². The maximum atomic E-state index is 12.8. The molecule has 0 bridgehead atoms. The third-order valence-electron chi connectivity index (χ3n) is 4.69. The number of nitrogens with zero attached hydrogens (tertiary/aromatic N) is 4. The minimum atomic E-state index is -4.47. The molecule has 2 aliphatic rings. The van der Waals surface area contributed by atoms with Crippen molar-refractivity contribution in [3.8, 4) is 0 Å². The molecule has 3 rings (SSSR count). The molecule has 2 amide bonds. The number of primary amides is 1. The average Bonchev–Trinajstić information content (AvgIpc) is 3.16. The Hall–Kier alpha value is -2.13. The highest BCUT2D eigenvalue weighted by Gasteiger charge is 2.40. The molecule has 0 aromatic carbocycles. The van der Waals surface area contributed by atoms with Crippen molar-refractivity contribution < 1.29 is 22.8 Å². The molecular formula is C15H20F3N5O2. The van der Waals surface area contributed by atoms with Gasteiger partial charge >= 0.3 is 6.18 Å². The van der Waals surface area contributed by atoms with E-state index in [1.54, 1.807) is 4.90 Å². The van der Waals surface area contributed by atoms with Crippen molar-refractivity contribution in [1.29, 1.82) is 0 Å². The number of amides is 2. The van der Waals surface area contributed by atoms with Crippen LogP contribution in [-0.4, -0.2) is 50.2 Å². The van der Waals surface area contributed by atoms with Gasteiger partial charge in [-0.05, 0) is 12.8 Å². The SMILES string of the molecule is NC(=O)Cc1nc(C2CC(=O)N(C3CCCC3)C2)n(CC(F)(F)F)n1. The molecule has 1 saturated heterocycles. The lowest BCUT2D eigenvalue weighted by atomic mass is 10.1. The number of alkyl halides is 3. The number of halogens is 3. The van der Waals surface area contributed by atoms with Crippen molar-refractivity contribution >= 4 is 11.8 Å². The zero-order valence-electron chi connectivity index (χ0n) is 13.6. The lowest BCUT2D eigenvalue weighted by Crippen LogP contribution is -2.34. The van der Waals surface area contributed by atoms with E-state index < -0.39 is 24.5 Å². The molecule has 2 N–H and O–H groups in total. The highest BCUT2D eigenvalue weighted by atomic mass is 19.4. The normalized spacial score (nSPS) is 22.1. The highest BCUT2D eigenvalue weighted by molar-refractivity contribution is 5.80. The molecule has 1 aliphatic heterocycles. The summed E-state index contributed by atoms with van der Waals surface area (Å²) < 4.78 is 39.2. The van der Waals surface area contributed by atoms with E-state index in [1.165, 1.54) is 0 Å². The van der Waals surface area contributed by atoms with Gasteiger partial charge in [0.1, 0.15) is 12.4 Å². The van der Waals surface area contributed by atoms with Gasteiger partial charge in [-0.1, -0.05) is 12.8 Å². The van der Waals surface area contributed by atoms with Gasteiger partial charge in [-0.3, -0.25) is 9.59 Å². The van der Waals surface area contributed by atoms with Crippen LogP contribution in [0.2, 0.25) is 0 Å². The van der Waals surface area contributed by atoms with Gasteiger partial charge in [0.2, 0.25) is 11.8 Å². The van der Waals surface area contributed by atoms with Gasteiger partial charge < -0.3 is 10.6 Å². The van der Waals surface area contributed by atoms with Crippen LogP contribution in [0.5, 0.6) is 0 Å². The summed E-state index contributed by atoms with van der Waals surface area (Å²) in [5.74, 6) is -1.17. The Morgan fingerprint density at radius 3 is 2.56 bits per heavy atom. The second-order valence-corrected chi connectivity index (χ2v) is 6.69. The zero-order chi connectivity index (χ0) is 18.2. The summed E-state index contributed by atoms with van der Waals surface area (Å²) in [6, 6.07) is 0.168. The monoisotopic (exact) mass is 359 g/mol. The fourth-order valence-corrected chi connectivity index (χ4v) is 3.70. The molecule has 2 fully saturated rings. The third-order valence-corrected chi connectivity index (χ3v) is 4.69. The van der Waals surface area contributed by atoms with E-state index in [0.29, 0.717) is 6.54 Å². The van der Waals surface area contributed by atoms with Crippen LogP contribution in [0.1, 0.15) is 49.7 Å². The maximum absolute atomic E-state index is 12.8. The number of carbonyl (C=O) groups is 2. The predicted molar refractivity (Wildman–Crippen MR) is 80.3 cm³/mol. The highest BCUT2D eigenvalue weighted by Crippen LogP contribution is 2.34. The van der Waals surface area contributed by atoms with Gasteiger partial charge in [-0.2, -0.15) is 18.3 Å². The summed E-state index contributed by atoms with van der Waals surface area (Å²) in [6.45, 7) is -0.960. The van der Waals surface area contributed by atoms with E-state index >= 15 is 0 Å². The number of hydrogen-bond acceptors (Lipinski definition) is 4. The van der Waals surface area contributed by atoms with Crippen molar-refractivity contribution in [1.82, 2.24) is 19.7 Å². The van der Waals surface area contributed by atoms with Gasteiger partial charge in [0.25, 0.3) is 0 Å². The Labute approximate surface area is 142 Å². The van der Waals surface area contributed by atoms with Gasteiger partial charge in [-0.25, -0.2) is 9.67 Å². The van der Waals surface area contributed by atoms with E-state index in [-0.39, 0.29) is 36.4 Å². The minimum absolute atomic E-state index is 0.0430. The second kappa shape index (κ2) is 6.64. The van der Waals surface area contributed by atoms with Crippen molar-refractivity contribution in [3.63, 3.8) is 0 Å². The topological polar surface area (TPSA) is 94.1 Å².